The highest BCUT2D eigenvalue weighted by atomic mass is 16.5. The maximum atomic E-state index is 5.47. The molecule has 0 unspecified atom stereocenters. The van der Waals surface area contributed by atoms with E-state index in [1.807, 2.05) is 6.07 Å². The van der Waals surface area contributed by atoms with Gasteiger partial charge in [0.2, 0.25) is 0 Å². The third kappa shape index (κ3) is 2.71. The zero-order valence-corrected chi connectivity index (χ0v) is 11.8. The summed E-state index contributed by atoms with van der Waals surface area (Å²) in [6, 6.07) is 9.19. The summed E-state index contributed by atoms with van der Waals surface area (Å²) < 4.78 is 5.47. The van der Waals surface area contributed by atoms with E-state index in [-0.39, 0.29) is 0 Å². The Morgan fingerprint density at radius 1 is 1.00 bits per heavy atom. The molecule has 0 N–H and O–H groups in total. The minimum absolute atomic E-state index is 0.813. The summed E-state index contributed by atoms with van der Waals surface area (Å²) >= 11 is 0. The molecule has 0 bridgehead atoms. The summed E-state index contributed by atoms with van der Waals surface area (Å²) in [6.45, 7) is 4.95. The van der Waals surface area contributed by atoms with Gasteiger partial charge in [-0.05, 0) is 50.9 Å². The summed E-state index contributed by atoms with van der Waals surface area (Å²) in [5.74, 6) is 1.00. The normalized spacial score (nSPS) is 21.8. The smallest absolute Gasteiger partial charge is 0.142 e. The Morgan fingerprint density at radius 3 is 2.37 bits per heavy atom. The van der Waals surface area contributed by atoms with E-state index in [1.54, 1.807) is 7.11 Å². The SMILES string of the molecule is COc1ccccc1N1CCC(N2CCCC2)CC1. The predicted molar refractivity (Wildman–Crippen MR) is 79.0 cm³/mol. The lowest BCUT2D eigenvalue weighted by Gasteiger charge is -2.38. The van der Waals surface area contributed by atoms with Gasteiger partial charge in [-0.25, -0.2) is 0 Å². The molecule has 19 heavy (non-hydrogen) atoms. The van der Waals surface area contributed by atoms with E-state index in [0.29, 0.717) is 0 Å². The van der Waals surface area contributed by atoms with Gasteiger partial charge in [-0.3, -0.25) is 0 Å². The zero-order chi connectivity index (χ0) is 13.1. The van der Waals surface area contributed by atoms with Gasteiger partial charge in [0, 0.05) is 19.1 Å². The Kier molecular flexibility index (Phi) is 3.92. The van der Waals surface area contributed by atoms with Gasteiger partial charge in [0.1, 0.15) is 5.75 Å². The summed E-state index contributed by atoms with van der Waals surface area (Å²) in [4.78, 5) is 5.17. The second-order valence-corrected chi connectivity index (χ2v) is 5.63. The summed E-state index contributed by atoms with van der Waals surface area (Å²) in [7, 11) is 1.76. The van der Waals surface area contributed by atoms with Crippen LogP contribution in [0.15, 0.2) is 24.3 Å². The number of methoxy groups -OCH3 is 1. The fraction of sp³-hybridized carbons (Fsp3) is 0.625. The van der Waals surface area contributed by atoms with Crippen molar-refractivity contribution in [3.63, 3.8) is 0 Å². The third-order valence-corrected chi connectivity index (χ3v) is 4.55. The molecule has 104 valence electrons. The van der Waals surface area contributed by atoms with Crippen molar-refractivity contribution in [1.82, 2.24) is 4.90 Å². The fourth-order valence-corrected chi connectivity index (χ4v) is 3.47. The topological polar surface area (TPSA) is 15.7 Å². The Morgan fingerprint density at radius 2 is 1.68 bits per heavy atom. The van der Waals surface area contributed by atoms with Gasteiger partial charge in [-0.1, -0.05) is 12.1 Å². The van der Waals surface area contributed by atoms with Crippen LogP contribution in [-0.4, -0.2) is 44.2 Å². The molecule has 0 saturated carbocycles. The van der Waals surface area contributed by atoms with Crippen molar-refractivity contribution in [2.75, 3.05) is 38.2 Å². The Labute approximate surface area is 116 Å². The molecule has 0 atom stereocenters. The fourth-order valence-electron chi connectivity index (χ4n) is 3.47. The molecule has 2 heterocycles. The molecule has 3 heteroatoms. The second kappa shape index (κ2) is 5.83. The highest BCUT2D eigenvalue weighted by molar-refractivity contribution is 5.58. The molecular weight excluding hydrogens is 236 g/mol. The second-order valence-electron chi connectivity index (χ2n) is 5.63. The standard InChI is InChI=1S/C16H24N2O/c1-19-16-7-3-2-6-15(16)18-12-8-14(9-13-18)17-10-4-5-11-17/h2-3,6-7,14H,4-5,8-13H2,1H3. The molecule has 0 spiro atoms. The average molecular weight is 260 g/mol. The van der Waals surface area contributed by atoms with Crippen LogP contribution >= 0.6 is 0 Å². The van der Waals surface area contributed by atoms with Crippen LogP contribution in [-0.2, 0) is 0 Å². The van der Waals surface area contributed by atoms with Crippen molar-refractivity contribution in [2.24, 2.45) is 0 Å². The monoisotopic (exact) mass is 260 g/mol. The first-order valence-corrected chi connectivity index (χ1v) is 7.50. The Bertz CT molecular complexity index is 407. The quantitative estimate of drug-likeness (QED) is 0.831. The zero-order valence-electron chi connectivity index (χ0n) is 11.8. The molecule has 0 radical (unpaired) electrons. The van der Waals surface area contributed by atoms with Crippen LogP contribution in [0.2, 0.25) is 0 Å². The molecule has 1 aromatic rings. The molecule has 0 aliphatic carbocycles. The van der Waals surface area contributed by atoms with Crippen molar-refractivity contribution in [2.45, 2.75) is 31.7 Å². The summed E-state index contributed by atoms with van der Waals surface area (Å²) in [5, 5.41) is 0. The number of benzene rings is 1. The van der Waals surface area contributed by atoms with E-state index < -0.39 is 0 Å². The number of para-hydroxylation sites is 2. The number of likely N-dealkylation sites (tertiary alicyclic amines) is 1. The number of ether oxygens (including phenoxy) is 1. The van der Waals surface area contributed by atoms with Gasteiger partial charge >= 0.3 is 0 Å². The molecule has 0 amide bonds. The van der Waals surface area contributed by atoms with Crippen molar-refractivity contribution >= 4 is 5.69 Å². The number of hydrogen-bond acceptors (Lipinski definition) is 3. The number of anilines is 1. The van der Waals surface area contributed by atoms with E-state index in [9.17, 15) is 0 Å². The van der Waals surface area contributed by atoms with Crippen LogP contribution < -0.4 is 9.64 Å². The minimum atomic E-state index is 0.813. The van der Waals surface area contributed by atoms with Gasteiger partial charge in [-0.15, -0.1) is 0 Å². The third-order valence-electron chi connectivity index (χ3n) is 4.55. The van der Waals surface area contributed by atoms with Gasteiger partial charge < -0.3 is 14.5 Å². The van der Waals surface area contributed by atoms with E-state index in [0.717, 1.165) is 24.9 Å². The molecular formula is C16H24N2O. The van der Waals surface area contributed by atoms with Crippen LogP contribution in [0.4, 0.5) is 5.69 Å². The lowest BCUT2D eigenvalue weighted by Crippen LogP contribution is -2.43. The maximum absolute atomic E-state index is 5.47. The Hall–Kier alpha value is -1.22. The van der Waals surface area contributed by atoms with Gasteiger partial charge in [0.05, 0.1) is 12.8 Å². The van der Waals surface area contributed by atoms with Gasteiger partial charge in [0.25, 0.3) is 0 Å². The van der Waals surface area contributed by atoms with Crippen molar-refractivity contribution in [3.8, 4) is 5.75 Å². The van der Waals surface area contributed by atoms with Crippen LogP contribution in [0.1, 0.15) is 25.7 Å². The van der Waals surface area contributed by atoms with E-state index >= 15 is 0 Å². The number of rotatable bonds is 3. The largest absolute Gasteiger partial charge is 0.495 e. The lowest BCUT2D eigenvalue weighted by molar-refractivity contribution is 0.207. The van der Waals surface area contributed by atoms with Crippen molar-refractivity contribution in [1.29, 1.82) is 0 Å². The molecule has 3 nitrogen and oxygen atoms in total. The highest BCUT2D eigenvalue weighted by Crippen LogP contribution is 2.31. The molecule has 1 aromatic carbocycles. The highest BCUT2D eigenvalue weighted by Gasteiger charge is 2.27. The summed E-state index contributed by atoms with van der Waals surface area (Å²) in [5.41, 5.74) is 1.25. The minimum Gasteiger partial charge on any atom is -0.495 e. The van der Waals surface area contributed by atoms with Crippen LogP contribution in [0.5, 0.6) is 5.75 Å². The molecule has 2 aliphatic heterocycles. The van der Waals surface area contributed by atoms with Gasteiger partial charge in [0.15, 0.2) is 0 Å². The average Bonchev–Trinajstić information content (AvgIpc) is 3.02. The molecule has 2 aliphatic rings. The van der Waals surface area contributed by atoms with Crippen LogP contribution in [0, 0.1) is 0 Å². The Balaban J connectivity index is 1.63. The predicted octanol–water partition coefficient (Wildman–Crippen LogP) is 2.76. The molecule has 3 rings (SSSR count). The summed E-state index contributed by atoms with van der Waals surface area (Å²) in [6.07, 6.45) is 5.37. The first-order valence-electron chi connectivity index (χ1n) is 7.50. The number of nitrogens with zero attached hydrogens (tertiary/aromatic N) is 2. The van der Waals surface area contributed by atoms with Crippen LogP contribution in [0.3, 0.4) is 0 Å². The number of piperidine rings is 1. The first-order chi connectivity index (χ1) is 9.38. The molecule has 0 aromatic heterocycles. The molecule has 2 saturated heterocycles. The van der Waals surface area contributed by atoms with E-state index in [1.165, 1.54) is 44.5 Å². The number of hydrogen-bond donors (Lipinski definition) is 0. The lowest BCUT2D eigenvalue weighted by atomic mass is 10.0. The van der Waals surface area contributed by atoms with Gasteiger partial charge in [-0.2, -0.15) is 0 Å². The van der Waals surface area contributed by atoms with Crippen LogP contribution in [0.25, 0.3) is 0 Å². The van der Waals surface area contributed by atoms with E-state index in [4.69, 9.17) is 4.74 Å². The van der Waals surface area contributed by atoms with Crippen molar-refractivity contribution in [3.05, 3.63) is 24.3 Å². The van der Waals surface area contributed by atoms with E-state index in [2.05, 4.69) is 28.0 Å². The maximum Gasteiger partial charge on any atom is 0.142 e. The van der Waals surface area contributed by atoms with Crippen molar-refractivity contribution < 1.29 is 4.74 Å². The molecule has 2 fully saturated rings. The first kappa shape index (κ1) is 12.8.